The molecular formula is C18H21NO5. The SMILES string of the molecule is CC(=O)[C@@H]1[C@H]2CN(Cc3cc4c(cc32)OCO4)[C@H]1CC1OCCO1. The summed E-state index contributed by atoms with van der Waals surface area (Å²) in [4.78, 5) is 14.9. The summed E-state index contributed by atoms with van der Waals surface area (Å²) >= 11 is 0. The Hall–Kier alpha value is -1.63. The Morgan fingerprint density at radius 1 is 1.21 bits per heavy atom. The lowest BCUT2D eigenvalue weighted by Gasteiger charge is -2.29. The fourth-order valence-corrected chi connectivity index (χ4v) is 4.76. The first-order chi connectivity index (χ1) is 11.7. The Balaban J connectivity index is 1.50. The van der Waals surface area contributed by atoms with Gasteiger partial charge in [-0.2, -0.15) is 0 Å². The van der Waals surface area contributed by atoms with Crippen LogP contribution in [0.15, 0.2) is 12.1 Å². The summed E-state index contributed by atoms with van der Waals surface area (Å²) in [6.07, 6.45) is 0.567. The van der Waals surface area contributed by atoms with Crippen LogP contribution in [0.2, 0.25) is 0 Å². The van der Waals surface area contributed by atoms with Crippen molar-refractivity contribution in [3.05, 3.63) is 23.3 Å². The van der Waals surface area contributed by atoms with Crippen LogP contribution >= 0.6 is 0 Å². The molecular weight excluding hydrogens is 310 g/mol. The van der Waals surface area contributed by atoms with Gasteiger partial charge in [-0.25, -0.2) is 0 Å². The maximum Gasteiger partial charge on any atom is 0.231 e. The first-order valence-corrected chi connectivity index (χ1v) is 8.61. The number of nitrogens with zero attached hydrogens (tertiary/aromatic N) is 1. The van der Waals surface area contributed by atoms with Gasteiger partial charge < -0.3 is 18.9 Å². The van der Waals surface area contributed by atoms with Crippen LogP contribution in [0.4, 0.5) is 0 Å². The van der Waals surface area contributed by atoms with Gasteiger partial charge in [-0.1, -0.05) is 0 Å². The molecule has 5 rings (SSSR count). The Morgan fingerprint density at radius 3 is 2.71 bits per heavy atom. The fraction of sp³-hybridized carbons (Fsp3) is 0.611. The van der Waals surface area contributed by atoms with Crippen molar-refractivity contribution in [2.75, 3.05) is 26.6 Å². The third-order valence-electron chi connectivity index (χ3n) is 5.75. The monoisotopic (exact) mass is 331 g/mol. The molecule has 24 heavy (non-hydrogen) atoms. The Bertz CT molecular complexity index is 684. The van der Waals surface area contributed by atoms with Crippen molar-refractivity contribution >= 4 is 5.78 Å². The van der Waals surface area contributed by atoms with Crippen molar-refractivity contribution in [3.8, 4) is 11.5 Å². The summed E-state index contributed by atoms with van der Waals surface area (Å²) in [7, 11) is 0. The van der Waals surface area contributed by atoms with Crippen molar-refractivity contribution in [3.63, 3.8) is 0 Å². The molecule has 1 aromatic rings. The number of fused-ring (bicyclic) bond motifs is 5. The van der Waals surface area contributed by atoms with E-state index in [1.54, 1.807) is 6.92 Å². The molecule has 4 heterocycles. The van der Waals surface area contributed by atoms with Crippen LogP contribution in [-0.4, -0.2) is 49.6 Å². The van der Waals surface area contributed by atoms with Crippen molar-refractivity contribution in [1.29, 1.82) is 0 Å². The molecule has 2 bridgehead atoms. The van der Waals surface area contributed by atoms with Crippen LogP contribution < -0.4 is 9.47 Å². The highest BCUT2D eigenvalue weighted by Crippen LogP contribution is 2.49. The number of benzene rings is 1. The van der Waals surface area contributed by atoms with E-state index in [1.807, 2.05) is 0 Å². The molecule has 0 spiro atoms. The summed E-state index contributed by atoms with van der Waals surface area (Å²) < 4.78 is 22.3. The molecule has 1 aromatic carbocycles. The smallest absolute Gasteiger partial charge is 0.231 e. The zero-order valence-corrected chi connectivity index (χ0v) is 13.7. The number of carbonyl (C=O) groups excluding carboxylic acids is 1. The number of hydrogen-bond acceptors (Lipinski definition) is 6. The highest BCUT2D eigenvalue weighted by molar-refractivity contribution is 5.81. The van der Waals surface area contributed by atoms with Gasteiger partial charge in [0.15, 0.2) is 17.8 Å². The zero-order valence-electron chi connectivity index (χ0n) is 13.7. The van der Waals surface area contributed by atoms with E-state index in [-0.39, 0.29) is 36.7 Å². The lowest BCUT2D eigenvalue weighted by atomic mass is 9.80. The summed E-state index contributed by atoms with van der Waals surface area (Å²) in [5, 5.41) is 0. The van der Waals surface area contributed by atoms with Gasteiger partial charge in [0.1, 0.15) is 5.78 Å². The van der Waals surface area contributed by atoms with Crippen LogP contribution in [-0.2, 0) is 20.8 Å². The number of ketones is 1. The molecule has 0 amide bonds. The van der Waals surface area contributed by atoms with Crippen LogP contribution in [0.3, 0.4) is 0 Å². The number of Topliss-reactive ketones (excluding diaryl/α,β-unsaturated/α-hetero) is 1. The molecule has 4 aliphatic rings. The maximum atomic E-state index is 12.5. The van der Waals surface area contributed by atoms with Crippen molar-refractivity contribution in [2.45, 2.75) is 38.1 Å². The Morgan fingerprint density at radius 2 is 1.96 bits per heavy atom. The van der Waals surface area contributed by atoms with E-state index in [0.29, 0.717) is 13.2 Å². The van der Waals surface area contributed by atoms with Gasteiger partial charge in [0.2, 0.25) is 6.79 Å². The summed E-state index contributed by atoms with van der Waals surface area (Å²) in [6.45, 7) is 5.03. The normalized spacial score (nSPS) is 33.7. The first kappa shape index (κ1) is 14.7. The predicted octanol–water partition coefficient (Wildman–Crippen LogP) is 1.66. The number of rotatable bonds is 3. The third-order valence-corrected chi connectivity index (χ3v) is 5.75. The Labute approximate surface area is 140 Å². The van der Waals surface area contributed by atoms with Gasteiger partial charge in [-0.3, -0.25) is 9.69 Å². The largest absolute Gasteiger partial charge is 0.454 e. The van der Waals surface area contributed by atoms with E-state index in [0.717, 1.165) is 31.0 Å². The topological polar surface area (TPSA) is 57.2 Å². The number of hydrogen-bond donors (Lipinski definition) is 0. The van der Waals surface area contributed by atoms with Crippen LogP contribution in [0.1, 0.15) is 30.4 Å². The fourth-order valence-electron chi connectivity index (χ4n) is 4.76. The van der Waals surface area contributed by atoms with Crippen molar-refractivity contribution in [1.82, 2.24) is 4.90 Å². The molecule has 0 radical (unpaired) electrons. The average molecular weight is 331 g/mol. The quantitative estimate of drug-likeness (QED) is 0.840. The van der Waals surface area contributed by atoms with Crippen LogP contribution in [0, 0.1) is 5.92 Å². The molecule has 6 heteroatoms. The van der Waals surface area contributed by atoms with Gasteiger partial charge in [0.25, 0.3) is 0 Å². The minimum Gasteiger partial charge on any atom is -0.454 e. The molecule has 6 nitrogen and oxygen atoms in total. The van der Waals surface area contributed by atoms with Gasteiger partial charge >= 0.3 is 0 Å². The van der Waals surface area contributed by atoms with Crippen molar-refractivity contribution < 1.29 is 23.7 Å². The molecule has 128 valence electrons. The van der Waals surface area contributed by atoms with Gasteiger partial charge in [0, 0.05) is 37.4 Å². The zero-order chi connectivity index (χ0) is 16.3. The minimum absolute atomic E-state index is 0.0144. The second kappa shape index (κ2) is 5.44. The molecule has 4 atom stereocenters. The second-order valence-electron chi connectivity index (χ2n) is 7.05. The average Bonchev–Trinajstić information content (AvgIpc) is 3.27. The van der Waals surface area contributed by atoms with Gasteiger partial charge in [0.05, 0.1) is 13.2 Å². The highest BCUT2D eigenvalue weighted by Gasteiger charge is 2.49. The molecule has 4 aliphatic heterocycles. The van der Waals surface area contributed by atoms with Crippen molar-refractivity contribution in [2.24, 2.45) is 5.92 Å². The van der Waals surface area contributed by atoms with E-state index >= 15 is 0 Å². The van der Waals surface area contributed by atoms with E-state index in [1.165, 1.54) is 11.1 Å². The molecule has 2 saturated heterocycles. The molecule has 2 fully saturated rings. The summed E-state index contributed by atoms with van der Waals surface area (Å²) in [5.41, 5.74) is 2.49. The van der Waals surface area contributed by atoms with E-state index in [4.69, 9.17) is 18.9 Å². The first-order valence-electron chi connectivity index (χ1n) is 8.61. The third kappa shape index (κ3) is 2.17. The number of carbonyl (C=O) groups is 1. The lowest BCUT2D eigenvalue weighted by molar-refractivity contribution is -0.123. The molecule has 0 N–H and O–H groups in total. The maximum absolute atomic E-state index is 12.5. The lowest BCUT2D eigenvalue weighted by Crippen LogP contribution is -2.37. The Kier molecular flexibility index (Phi) is 3.33. The highest BCUT2D eigenvalue weighted by atomic mass is 16.7. The predicted molar refractivity (Wildman–Crippen MR) is 84.0 cm³/mol. The summed E-state index contributed by atoms with van der Waals surface area (Å²) in [5.74, 6) is 2.06. The molecule has 0 aromatic heterocycles. The van der Waals surface area contributed by atoms with E-state index in [2.05, 4.69) is 17.0 Å². The number of ether oxygens (including phenoxy) is 4. The van der Waals surface area contributed by atoms with Gasteiger partial charge in [-0.05, 0) is 30.2 Å². The standard InChI is InChI=1S/C18H21NO5/c1-10(20)18-13-8-19(14(18)6-17-21-2-3-22-17)7-11-4-15-16(5-12(11)13)24-9-23-15/h4-5,13-14,17-18H,2-3,6-9H2,1H3/t13-,14-,18+/m0/s1. The molecule has 0 aliphatic carbocycles. The molecule has 1 unspecified atom stereocenters. The van der Waals surface area contributed by atoms with Gasteiger partial charge in [-0.15, -0.1) is 0 Å². The molecule has 0 saturated carbocycles. The second-order valence-corrected chi connectivity index (χ2v) is 7.05. The summed E-state index contributed by atoms with van der Waals surface area (Å²) in [6, 6.07) is 4.33. The van der Waals surface area contributed by atoms with E-state index < -0.39 is 0 Å². The van der Waals surface area contributed by atoms with E-state index in [9.17, 15) is 4.79 Å². The van der Waals surface area contributed by atoms with Crippen LogP contribution in [0.5, 0.6) is 11.5 Å². The van der Waals surface area contributed by atoms with Crippen LogP contribution in [0.25, 0.3) is 0 Å². The minimum atomic E-state index is -0.184.